The molecule has 2 fully saturated rings. The van der Waals surface area contributed by atoms with Crippen LogP contribution in [0.4, 0.5) is 0 Å². The standard InChI is InChI=1S/C17H27N3O/c1-2-19-13-10-18-16(19)14-15(21)17(8-4-5-9-17)20-11-6-3-7-12-20/h10,13H,2-9,11-12,14H2,1H3. The first-order valence-corrected chi connectivity index (χ1v) is 8.54. The van der Waals surface area contributed by atoms with Gasteiger partial charge in [-0.05, 0) is 45.7 Å². The molecule has 0 bridgehead atoms. The third kappa shape index (κ3) is 2.78. The summed E-state index contributed by atoms with van der Waals surface area (Å²) in [5.41, 5.74) is -0.176. The lowest BCUT2D eigenvalue weighted by Gasteiger charge is -2.42. The summed E-state index contributed by atoms with van der Waals surface area (Å²) < 4.78 is 2.09. The second-order valence-corrected chi connectivity index (χ2v) is 6.52. The maximum absolute atomic E-state index is 13.1. The van der Waals surface area contributed by atoms with Gasteiger partial charge in [-0.2, -0.15) is 0 Å². The van der Waals surface area contributed by atoms with E-state index in [9.17, 15) is 4.79 Å². The Kier molecular flexibility index (Phi) is 4.43. The fourth-order valence-corrected chi connectivity index (χ4v) is 4.16. The molecule has 1 aromatic heterocycles. The Morgan fingerprint density at radius 1 is 1.19 bits per heavy atom. The van der Waals surface area contributed by atoms with Crippen molar-refractivity contribution in [2.24, 2.45) is 0 Å². The SMILES string of the molecule is CCn1ccnc1CC(=O)C1(N2CCCCC2)CCCC1. The monoisotopic (exact) mass is 289 g/mol. The number of ketones is 1. The molecule has 116 valence electrons. The van der Waals surface area contributed by atoms with Crippen molar-refractivity contribution in [2.45, 2.75) is 70.4 Å². The van der Waals surface area contributed by atoms with Crippen molar-refractivity contribution in [3.63, 3.8) is 0 Å². The van der Waals surface area contributed by atoms with Crippen LogP contribution in [0.3, 0.4) is 0 Å². The third-order valence-corrected chi connectivity index (χ3v) is 5.37. The number of aryl methyl sites for hydroxylation is 1. The van der Waals surface area contributed by atoms with E-state index < -0.39 is 0 Å². The molecule has 4 heteroatoms. The van der Waals surface area contributed by atoms with E-state index in [0.29, 0.717) is 12.2 Å². The molecule has 0 amide bonds. The highest BCUT2D eigenvalue weighted by Gasteiger charge is 2.45. The minimum absolute atomic E-state index is 0.176. The van der Waals surface area contributed by atoms with Crippen LogP contribution in [0.1, 0.15) is 57.7 Å². The first kappa shape index (κ1) is 14.8. The summed E-state index contributed by atoms with van der Waals surface area (Å²) in [7, 11) is 0. The van der Waals surface area contributed by atoms with Gasteiger partial charge in [-0.1, -0.05) is 19.3 Å². The molecule has 3 rings (SSSR count). The minimum atomic E-state index is -0.176. The molecule has 0 spiro atoms. The molecule has 0 atom stereocenters. The number of imidazole rings is 1. The average molecular weight is 289 g/mol. The van der Waals surface area contributed by atoms with E-state index in [1.165, 1.54) is 32.1 Å². The third-order valence-electron chi connectivity index (χ3n) is 5.37. The summed E-state index contributed by atoms with van der Waals surface area (Å²) in [5.74, 6) is 1.34. The van der Waals surface area contributed by atoms with Gasteiger partial charge in [0.25, 0.3) is 0 Å². The lowest BCUT2D eigenvalue weighted by molar-refractivity contribution is -0.131. The molecule has 1 aliphatic heterocycles. The van der Waals surface area contributed by atoms with Crippen molar-refractivity contribution in [2.75, 3.05) is 13.1 Å². The number of Topliss-reactive ketones (excluding diaryl/α,β-unsaturated/α-hetero) is 1. The number of aromatic nitrogens is 2. The van der Waals surface area contributed by atoms with Crippen LogP contribution < -0.4 is 0 Å². The molecule has 1 aromatic rings. The number of hydrogen-bond donors (Lipinski definition) is 0. The van der Waals surface area contributed by atoms with Gasteiger partial charge in [0.1, 0.15) is 5.82 Å². The summed E-state index contributed by atoms with van der Waals surface area (Å²) in [6.45, 7) is 5.20. The zero-order valence-corrected chi connectivity index (χ0v) is 13.2. The Morgan fingerprint density at radius 3 is 2.57 bits per heavy atom. The van der Waals surface area contributed by atoms with Crippen molar-refractivity contribution < 1.29 is 4.79 Å². The van der Waals surface area contributed by atoms with Crippen LogP contribution in [-0.2, 0) is 17.8 Å². The van der Waals surface area contributed by atoms with Gasteiger partial charge in [-0.15, -0.1) is 0 Å². The van der Waals surface area contributed by atoms with E-state index in [0.717, 1.165) is 38.3 Å². The number of likely N-dealkylation sites (tertiary alicyclic amines) is 1. The van der Waals surface area contributed by atoms with Crippen molar-refractivity contribution in [3.05, 3.63) is 18.2 Å². The highest BCUT2D eigenvalue weighted by molar-refractivity contribution is 5.90. The topological polar surface area (TPSA) is 38.1 Å². The quantitative estimate of drug-likeness (QED) is 0.836. The van der Waals surface area contributed by atoms with Gasteiger partial charge in [-0.3, -0.25) is 9.69 Å². The van der Waals surface area contributed by atoms with Crippen molar-refractivity contribution in [1.82, 2.24) is 14.5 Å². The van der Waals surface area contributed by atoms with Crippen molar-refractivity contribution >= 4 is 5.78 Å². The maximum atomic E-state index is 13.1. The molecular formula is C17H27N3O. The van der Waals surface area contributed by atoms with E-state index in [-0.39, 0.29) is 5.54 Å². The second kappa shape index (κ2) is 6.30. The summed E-state index contributed by atoms with van der Waals surface area (Å²) >= 11 is 0. The Balaban J connectivity index is 1.78. The largest absolute Gasteiger partial charge is 0.335 e. The first-order chi connectivity index (χ1) is 10.3. The zero-order valence-electron chi connectivity index (χ0n) is 13.2. The Bertz CT molecular complexity index is 482. The first-order valence-electron chi connectivity index (χ1n) is 8.54. The van der Waals surface area contributed by atoms with E-state index in [1.807, 2.05) is 12.4 Å². The van der Waals surface area contributed by atoms with Crippen LogP contribution >= 0.6 is 0 Å². The number of carbonyl (C=O) groups excluding carboxylic acids is 1. The molecular weight excluding hydrogens is 262 g/mol. The van der Waals surface area contributed by atoms with Crippen molar-refractivity contribution in [3.8, 4) is 0 Å². The van der Waals surface area contributed by atoms with Gasteiger partial charge in [0, 0.05) is 18.9 Å². The van der Waals surface area contributed by atoms with E-state index in [2.05, 4.69) is 21.4 Å². The zero-order chi connectivity index (χ0) is 14.7. The normalized spacial score (nSPS) is 22.5. The van der Waals surface area contributed by atoms with Gasteiger partial charge in [0.15, 0.2) is 5.78 Å². The van der Waals surface area contributed by atoms with Crippen LogP contribution in [0.25, 0.3) is 0 Å². The molecule has 1 saturated heterocycles. The highest BCUT2D eigenvalue weighted by Crippen LogP contribution is 2.38. The van der Waals surface area contributed by atoms with Crippen LogP contribution in [0.2, 0.25) is 0 Å². The number of nitrogens with zero attached hydrogens (tertiary/aromatic N) is 3. The maximum Gasteiger partial charge on any atom is 0.160 e. The molecule has 21 heavy (non-hydrogen) atoms. The van der Waals surface area contributed by atoms with E-state index in [1.54, 1.807) is 0 Å². The predicted octanol–water partition coefficient (Wildman–Crippen LogP) is 2.81. The predicted molar refractivity (Wildman–Crippen MR) is 83.2 cm³/mol. The van der Waals surface area contributed by atoms with Gasteiger partial charge < -0.3 is 4.57 Å². The summed E-state index contributed by atoms with van der Waals surface area (Å²) in [5, 5.41) is 0. The second-order valence-electron chi connectivity index (χ2n) is 6.52. The lowest BCUT2D eigenvalue weighted by Crippen LogP contribution is -2.55. The number of rotatable bonds is 5. The fourth-order valence-electron chi connectivity index (χ4n) is 4.16. The molecule has 2 heterocycles. The number of piperidine rings is 1. The molecule has 1 saturated carbocycles. The minimum Gasteiger partial charge on any atom is -0.335 e. The fraction of sp³-hybridized carbons (Fsp3) is 0.765. The van der Waals surface area contributed by atoms with Crippen LogP contribution in [0.15, 0.2) is 12.4 Å². The van der Waals surface area contributed by atoms with Crippen LogP contribution in [-0.4, -0.2) is 38.9 Å². The molecule has 0 N–H and O–H groups in total. The van der Waals surface area contributed by atoms with Gasteiger partial charge in [-0.25, -0.2) is 4.98 Å². The summed E-state index contributed by atoms with van der Waals surface area (Å²) in [4.78, 5) is 20.0. The van der Waals surface area contributed by atoms with Gasteiger partial charge in [0.2, 0.25) is 0 Å². The number of hydrogen-bond acceptors (Lipinski definition) is 3. The molecule has 0 radical (unpaired) electrons. The molecule has 0 unspecified atom stereocenters. The smallest absolute Gasteiger partial charge is 0.160 e. The number of carbonyl (C=O) groups is 1. The molecule has 2 aliphatic rings. The van der Waals surface area contributed by atoms with E-state index >= 15 is 0 Å². The van der Waals surface area contributed by atoms with Crippen LogP contribution in [0.5, 0.6) is 0 Å². The summed E-state index contributed by atoms with van der Waals surface area (Å²) in [6.07, 6.45) is 12.6. The Morgan fingerprint density at radius 2 is 1.90 bits per heavy atom. The van der Waals surface area contributed by atoms with Crippen molar-refractivity contribution in [1.29, 1.82) is 0 Å². The average Bonchev–Trinajstić information content (AvgIpc) is 3.17. The van der Waals surface area contributed by atoms with Gasteiger partial charge in [0.05, 0.1) is 12.0 Å². The highest BCUT2D eigenvalue weighted by atomic mass is 16.1. The summed E-state index contributed by atoms with van der Waals surface area (Å²) in [6, 6.07) is 0. The van der Waals surface area contributed by atoms with Gasteiger partial charge >= 0.3 is 0 Å². The lowest BCUT2D eigenvalue weighted by atomic mass is 9.86. The van der Waals surface area contributed by atoms with Crippen LogP contribution in [0, 0.1) is 0 Å². The Labute approximate surface area is 127 Å². The Hall–Kier alpha value is -1.16. The molecule has 4 nitrogen and oxygen atoms in total. The van der Waals surface area contributed by atoms with E-state index in [4.69, 9.17) is 0 Å². The molecule has 1 aliphatic carbocycles. The molecule has 0 aromatic carbocycles.